The highest BCUT2D eigenvalue weighted by Gasteiger charge is 2.12. The first-order valence-corrected chi connectivity index (χ1v) is 10.1. The number of hydrogen-bond donors (Lipinski definition) is 1. The van der Waals surface area contributed by atoms with Crippen molar-refractivity contribution in [2.45, 2.75) is 19.8 Å². The van der Waals surface area contributed by atoms with Gasteiger partial charge in [0.05, 0.1) is 25.6 Å². The van der Waals surface area contributed by atoms with Gasteiger partial charge < -0.3 is 19.2 Å². The van der Waals surface area contributed by atoms with Gasteiger partial charge in [0.1, 0.15) is 17.1 Å². The molecule has 2 aromatic heterocycles. The van der Waals surface area contributed by atoms with Gasteiger partial charge in [-0.1, -0.05) is 12.1 Å². The molecule has 0 atom stereocenters. The minimum Gasteiger partial charge on any atom is -0.497 e. The second-order valence-electron chi connectivity index (χ2n) is 7.41. The number of ether oxygens (including phenoxy) is 2. The summed E-state index contributed by atoms with van der Waals surface area (Å²) in [6.45, 7) is 2.04. The van der Waals surface area contributed by atoms with Crippen LogP contribution in [0.2, 0.25) is 0 Å². The molecule has 4 aromatic rings. The molecule has 0 unspecified atom stereocenters. The molecule has 6 heteroatoms. The summed E-state index contributed by atoms with van der Waals surface area (Å²) < 4.78 is 12.6. The van der Waals surface area contributed by atoms with E-state index < -0.39 is 0 Å². The maximum absolute atomic E-state index is 12.6. The molecule has 1 N–H and O–H groups in total. The van der Waals surface area contributed by atoms with Gasteiger partial charge in [0, 0.05) is 24.4 Å². The number of anilines is 1. The number of rotatable bonds is 7. The third kappa shape index (κ3) is 4.69. The van der Waals surface area contributed by atoms with Crippen LogP contribution in [-0.4, -0.2) is 29.5 Å². The number of carbonyl (C=O) groups excluding carboxylic acids is 1. The molecule has 31 heavy (non-hydrogen) atoms. The average Bonchev–Trinajstić information content (AvgIpc) is 3.21. The molecule has 6 nitrogen and oxygen atoms in total. The first-order valence-electron chi connectivity index (χ1n) is 10.1. The molecular formula is C25H25N3O3. The van der Waals surface area contributed by atoms with Crippen molar-refractivity contribution in [1.82, 2.24) is 9.38 Å². The SMILES string of the molecule is COc1ccc(CCC(=O)Nc2cc(-c3cn4ccc(C)cc4n3)ccc2OC)cc1. The molecule has 0 radical (unpaired) electrons. The molecule has 0 saturated heterocycles. The zero-order chi connectivity index (χ0) is 21.8. The van der Waals surface area contributed by atoms with Gasteiger partial charge >= 0.3 is 0 Å². The topological polar surface area (TPSA) is 64.9 Å². The van der Waals surface area contributed by atoms with Gasteiger partial charge in [-0.25, -0.2) is 4.98 Å². The van der Waals surface area contributed by atoms with Crippen molar-refractivity contribution in [3.8, 4) is 22.8 Å². The highest BCUT2D eigenvalue weighted by Crippen LogP contribution is 2.30. The molecule has 4 rings (SSSR count). The van der Waals surface area contributed by atoms with E-state index in [4.69, 9.17) is 14.5 Å². The Morgan fingerprint density at radius 2 is 1.84 bits per heavy atom. The smallest absolute Gasteiger partial charge is 0.224 e. The number of amides is 1. The van der Waals surface area contributed by atoms with Crippen LogP contribution in [0.4, 0.5) is 5.69 Å². The Bertz CT molecular complexity index is 1210. The van der Waals surface area contributed by atoms with Crippen molar-refractivity contribution >= 4 is 17.2 Å². The lowest BCUT2D eigenvalue weighted by molar-refractivity contribution is -0.116. The second-order valence-corrected chi connectivity index (χ2v) is 7.41. The molecule has 158 valence electrons. The van der Waals surface area contributed by atoms with Crippen molar-refractivity contribution in [2.75, 3.05) is 19.5 Å². The molecule has 0 fully saturated rings. The fraction of sp³-hybridized carbons (Fsp3) is 0.200. The van der Waals surface area contributed by atoms with Crippen LogP contribution >= 0.6 is 0 Å². The van der Waals surface area contributed by atoms with Crippen molar-refractivity contribution in [2.24, 2.45) is 0 Å². The lowest BCUT2D eigenvalue weighted by Gasteiger charge is -2.12. The van der Waals surface area contributed by atoms with Crippen LogP contribution in [0.1, 0.15) is 17.5 Å². The molecule has 0 aliphatic rings. The largest absolute Gasteiger partial charge is 0.497 e. The summed E-state index contributed by atoms with van der Waals surface area (Å²) in [5.41, 5.74) is 5.50. The zero-order valence-electron chi connectivity index (χ0n) is 17.9. The van der Waals surface area contributed by atoms with Crippen LogP contribution in [0.5, 0.6) is 11.5 Å². The highest BCUT2D eigenvalue weighted by atomic mass is 16.5. The molecule has 0 bridgehead atoms. The Hall–Kier alpha value is -3.80. The predicted molar refractivity (Wildman–Crippen MR) is 122 cm³/mol. The average molecular weight is 415 g/mol. The first kappa shape index (κ1) is 20.5. The van der Waals surface area contributed by atoms with Gasteiger partial charge in [0.15, 0.2) is 0 Å². The van der Waals surface area contributed by atoms with Crippen LogP contribution in [-0.2, 0) is 11.2 Å². The van der Waals surface area contributed by atoms with Crippen molar-refractivity contribution < 1.29 is 14.3 Å². The fourth-order valence-electron chi connectivity index (χ4n) is 3.45. The first-order chi connectivity index (χ1) is 15.1. The summed E-state index contributed by atoms with van der Waals surface area (Å²) in [5, 5.41) is 2.98. The third-order valence-corrected chi connectivity index (χ3v) is 5.18. The molecule has 0 saturated carbocycles. The van der Waals surface area contributed by atoms with E-state index in [0.29, 0.717) is 24.3 Å². The van der Waals surface area contributed by atoms with E-state index in [1.165, 1.54) is 0 Å². The number of nitrogens with one attached hydrogen (secondary N) is 1. The lowest BCUT2D eigenvalue weighted by Crippen LogP contribution is -2.13. The van der Waals surface area contributed by atoms with E-state index in [1.54, 1.807) is 14.2 Å². The number of carbonyl (C=O) groups is 1. The summed E-state index contributed by atoms with van der Waals surface area (Å²) in [7, 11) is 3.23. The van der Waals surface area contributed by atoms with Crippen LogP contribution in [0, 0.1) is 6.92 Å². The molecule has 2 aromatic carbocycles. The Morgan fingerprint density at radius 1 is 1.03 bits per heavy atom. The van der Waals surface area contributed by atoms with Gasteiger partial charge in [-0.3, -0.25) is 4.79 Å². The van der Waals surface area contributed by atoms with E-state index in [-0.39, 0.29) is 5.91 Å². The van der Waals surface area contributed by atoms with E-state index in [1.807, 2.05) is 78.3 Å². The fourth-order valence-corrected chi connectivity index (χ4v) is 3.45. The van der Waals surface area contributed by atoms with E-state index >= 15 is 0 Å². The third-order valence-electron chi connectivity index (χ3n) is 5.18. The summed E-state index contributed by atoms with van der Waals surface area (Å²) in [6, 6.07) is 17.5. The second kappa shape index (κ2) is 8.92. The summed E-state index contributed by atoms with van der Waals surface area (Å²) in [4.78, 5) is 17.3. The molecular weight excluding hydrogens is 390 g/mol. The number of imidazole rings is 1. The normalized spacial score (nSPS) is 10.8. The Kier molecular flexibility index (Phi) is 5.89. The molecule has 1 amide bonds. The van der Waals surface area contributed by atoms with Gasteiger partial charge in [-0.05, 0) is 66.9 Å². The number of methoxy groups -OCH3 is 2. The molecule has 0 aliphatic carbocycles. The molecule has 2 heterocycles. The van der Waals surface area contributed by atoms with E-state index in [0.717, 1.165) is 33.8 Å². The number of hydrogen-bond acceptors (Lipinski definition) is 4. The van der Waals surface area contributed by atoms with Gasteiger partial charge in [0.2, 0.25) is 5.91 Å². The minimum absolute atomic E-state index is 0.0723. The van der Waals surface area contributed by atoms with Crippen molar-refractivity contribution in [1.29, 1.82) is 0 Å². The lowest BCUT2D eigenvalue weighted by atomic mass is 10.1. The van der Waals surface area contributed by atoms with E-state index in [2.05, 4.69) is 5.32 Å². The quantitative estimate of drug-likeness (QED) is 0.466. The molecule has 0 aliphatic heterocycles. The van der Waals surface area contributed by atoms with Crippen LogP contribution in [0.15, 0.2) is 67.0 Å². The number of fused-ring (bicyclic) bond motifs is 1. The number of pyridine rings is 1. The van der Waals surface area contributed by atoms with Crippen LogP contribution in [0.3, 0.4) is 0 Å². The zero-order valence-corrected chi connectivity index (χ0v) is 17.9. The summed E-state index contributed by atoms with van der Waals surface area (Å²) in [6.07, 6.45) is 4.98. The number of nitrogens with zero attached hydrogens (tertiary/aromatic N) is 2. The Morgan fingerprint density at radius 3 is 2.58 bits per heavy atom. The Balaban J connectivity index is 1.50. The monoisotopic (exact) mass is 415 g/mol. The summed E-state index contributed by atoms with van der Waals surface area (Å²) >= 11 is 0. The standard InChI is InChI=1S/C25H25N3O3/c1-17-12-13-28-16-22(26-24(28)14-17)19-7-10-23(31-3)21(15-19)27-25(29)11-6-18-4-8-20(30-2)9-5-18/h4-5,7-10,12-16H,6,11H2,1-3H3,(H,27,29). The predicted octanol–water partition coefficient (Wildman–Crippen LogP) is 4.90. The Labute approximate surface area is 181 Å². The molecule has 0 spiro atoms. The number of aryl methyl sites for hydroxylation is 2. The maximum atomic E-state index is 12.6. The number of aromatic nitrogens is 2. The van der Waals surface area contributed by atoms with Crippen molar-refractivity contribution in [3.63, 3.8) is 0 Å². The van der Waals surface area contributed by atoms with Crippen LogP contribution in [0.25, 0.3) is 16.9 Å². The number of benzene rings is 2. The van der Waals surface area contributed by atoms with Gasteiger partial charge in [0.25, 0.3) is 0 Å². The maximum Gasteiger partial charge on any atom is 0.224 e. The van der Waals surface area contributed by atoms with Crippen molar-refractivity contribution in [3.05, 3.63) is 78.1 Å². The summed E-state index contributed by atoms with van der Waals surface area (Å²) in [5.74, 6) is 1.34. The van der Waals surface area contributed by atoms with Crippen LogP contribution < -0.4 is 14.8 Å². The highest BCUT2D eigenvalue weighted by molar-refractivity contribution is 5.93. The van der Waals surface area contributed by atoms with E-state index in [9.17, 15) is 4.79 Å². The minimum atomic E-state index is -0.0723. The van der Waals surface area contributed by atoms with Gasteiger partial charge in [-0.15, -0.1) is 0 Å². The van der Waals surface area contributed by atoms with Gasteiger partial charge in [-0.2, -0.15) is 0 Å².